The monoisotopic (exact) mass is 510 g/mol. The summed E-state index contributed by atoms with van der Waals surface area (Å²) in [6.07, 6.45) is 11.9. The van der Waals surface area contributed by atoms with Gasteiger partial charge in [0.05, 0.1) is 18.0 Å². The van der Waals surface area contributed by atoms with Crippen LogP contribution in [0.15, 0.2) is 59.5 Å². The van der Waals surface area contributed by atoms with E-state index in [-0.39, 0.29) is 35.4 Å². The van der Waals surface area contributed by atoms with E-state index in [0.29, 0.717) is 5.92 Å². The molecule has 2 nitrogen and oxygen atoms in total. The highest BCUT2D eigenvalue weighted by Crippen LogP contribution is 2.37. The van der Waals surface area contributed by atoms with Crippen molar-refractivity contribution < 1.29 is 32.5 Å². The van der Waals surface area contributed by atoms with Crippen LogP contribution in [0.5, 0.6) is 0 Å². The van der Waals surface area contributed by atoms with Crippen LogP contribution in [0.25, 0.3) is 0 Å². The van der Waals surface area contributed by atoms with Crippen molar-refractivity contribution in [2.45, 2.75) is 81.9 Å². The zero-order chi connectivity index (χ0) is 20.3. The van der Waals surface area contributed by atoms with Crippen LogP contribution in [-0.2, 0) is 15.4 Å². The van der Waals surface area contributed by atoms with Crippen LogP contribution in [0.2, 0.25) is 0 Å². The molecule has 2 aromatic carbocycles. The first kappa shape index (κ1) is 36.5. The third-order valence-corrected chi connectivity index (χ3v) is 6.76. The fourth-order valence-electron chi connectivity index (χ4n) is 4.18. The fourth-order valence-corrected chi connectivity index (χ4v) is 4.77. The van der Waals surface area contributed by atoms with Gasteiger partial charge in [0.2, 0.25) is 0 Å². The van der Waals surface area contributed by atoms with Crippen LogP contribution < -0.4 is 0 Å². The van der Waals surface area contributed by atoms with E-state index in [1.807, 2.05) is 30.3 Å². The SMILES string of the molecule is CCCCCCCc1ccc(C2CCC(C(=O)OSc3ccccc3)CC2)cc1.F.F.F.F.F. The molecule has 1 saturated carbocycles. The lowest BCUT2D eigenvalue weighted by molar-refractivity contribution is -0.138. The van der Waals surface area contributed by atoms with Crippen LogP contribution in [0.3, 0.4) is 0 Å². The molecule has 0 heterocycles. The number of carbonyl (C=O) groups is 1. The van der Waals surface area contributed by atoms with Crippen molar-refractivity contribution >= 4 is 18.0 Å². The summed E-state index contributed by atoms with van der Waals surface area (Å²) in [5, 5.41) is 0. The number of rotatable bonds is 10. The average Bonchev–Trinajstić information content (AvgIpc) is 2.78. The Labute approximate surface area is 204 Å². The van der Waals surface area contributed by atoms with Gasteiger partial charge in [-0.2, -0.15) is 0 Å². The maximum atomic E-state index is 12.4. The molecular weight excluding hydrogens is 471 g/mol. The lowest BCUT2D eigenvalue weighted by Crippen LogP contribution is -2.21. The molecule has 0 saturated heterocycles. The molecule has 3 rings (SSSR count). The molecule has 0 spiro atoms. The van der Waals surface area contributed by atoms with Crippen molar-refractivity contribution in [2.24, 2.45) is 5.92 Å². The predicted octanol–water partition coefficient (Wildman–Crippen LogP) is 8.49. The Morgan fingerprint density at radius 1 is 0.794 bits per heavy atom. The molecule has 0 N–H and O–H groups in total. The number of hydrogen-bond acceptors (Lipinski definition) is 3. The second kappa shape index (κ2) is 20.3. The van der Waals surface area contributed by atoms with Gasteiger partial charge in [0, 0.05) is 4.90 Å². The lowest BCUT2D eigenvalue weighted by Gasteiger charge is -2.27. The van der Waals surface area contributed by atoms with Gasteiger partial charge in [-0.15, -0.1) is 0 Å². The van der Waals surface area contributed by atoms with Crippen LogP contribution in [0.4, 0.5) is 23.5 Å². The number of aryl methyl sites for hydroxylation is 1. The van der Waals surface area contributed by atoms with Gasteiger partial charge in [0.15, 0.2) is 0 Å². The molecule has 1 aliphatic carbocycles. The molecule has 8 heteroatoms. The average molecular weight is 511 g/mol. The Balaban J connectivity index is -0.00000192. The number of benzene rings is 2. The molecule has 34 heavy (non-hydrogen) atoms. The lowest BCUT2D eigenvalue weighted by atomic mass is 9.78. The summed E-state index contributed by atoms with van der Waals surface area (Å²) in [6, 6.07) is 19.1. The summed E-state index contributed by atoms with van der Waals surface area (Å²) >= 11 is 1.18. The Morgan fingerprint density at radius 2 is 1.38 bits per heavy atom. The molecular formula is C26H39F5O2S. The highest BCUT2D eigenvalue weighted by molar-refractivity contribution is 7.95. The quantitative estimate of drug-likeness (QED) is 0.182. The van der Waals surface area contributed by atoms with Crippen molar-refractivity contribution in [3.63, 3.8) is 0 Å². The van der Waals surface area contributed by atoms with E-state index in [9.17, 15) is 4.79 Å². The molecule has 196 valence electrons. The van der Waals surface area contributed by atoms with Gasteiger partial charge in [0.25, 0.3) is 0 Å². The van der Waals surface area contributed by atoms with Gasteiger partial charge < -0.3 is 4.18 Å². The van der Waals surface area contributed by atoms with Crippen LogP contribution in [0, 0.1) is 5.92 Å². The van der Waals surface area contributed by atoms with Crippen LogP contribution in [0.1, 0.15) is 81.8 Å². The maximum Gasteiger partial charge on any atom is 0.321 e. The van der Waals surface area contributed by atoms with Crippen molar-refractivity contribution in [1.29, 1.82) is 0 Å². The number of halogens is 5. The van der Waals surface area contributed by atoms with E-state index in [1.165, 1.54) is 61.7 Å². The molecule has 0 atom stereocenters. The van der Waals surface area contributed by atoms with E-state index in [2.05, 4.69) is 31.2 Å². The summed E-state index contributed by atoms with van der Waals surface area (Å²) in [7, 11) is 0. The van der Waals surface area contributed by atoms with Gasteiger partial charge in [0.1, 0.15) is 0 Å². The van der Waals surface area contributed by atoms with E-state index in [1.54, 1.807) is 0 Å². The molecule has 0 aromatic heterocycles. The first-order valence-electron chi connectivity index (χ1n) is 11.3. The standard InChI is InChI=1S/C26H34O2S.5FH/c1-2-3-4-5-7-10-21-13-15-22(16-14-21)23-17-19-24(20-18-23)26(27)28-29-25-11-8-6-9-12-25;;;;;/h6,8-9,11-16,23-24H,2-5,7,10,17-20H2,1H3;5*1H. The minimum atomic E-state index is -0.0595. The first-order chi connectivity index (χ1) is 14.3. The fraction of sp³-hybridized carbons (Fsp3) is 0.500. The number of unbranched alkanes of at least 4 members (excludes halogenated alkanes) is 4. The minimum Gasteiger partial charge on any atom is -0.386 e. The van der Waals surface area contributed by atoms with Crippen molar-refractivity contribution in [2.75, 3.05) is 0 Å². The van der Waals surface area contributed by atoms with Crippen molar-refractivity contribution in [3.8, 4) is 0 Å². The largest absolute Gasteiger partial charge is 0.386 e. The second-order valence-electron chi connectivity index (χ2n) is 8.25. The van der Waals surface area contributed by atoms with E-state index in [0.717, 1.165) is 30.6 Å². The molecule has 1 fully saturated rings. The molecule has 0 amide bonds. The van der Waals surface area contributed by atoms with E-state index in [4.69, 9.17) is 4.18 Å². The second-order valence-corrected chi connectivity index (χ2v) is 9.06. The summed E-state index contributed by atoms with van der Waals surface area (Å²) in [5.74, 6) is 0.569. The topological polar surface area (TPSA) is 26.3 Å². The zero-order valence-electron chi connectivity index (χ0n) is 19.7. The summed E-state index contributed by atoms with van der Waals surface area (Å²) in [4.78, 5) is 13.4. The zero-order valence-corrected chi connectivity index (χ0v) is 20.5. The third kappa shape index (κ3) is 11.9. The summed E-state index contributed by atoms with van der Waals surface area (Å²) < 4.78 is 5.46. The highest BCUT2D eigenvalue weighted by Gasteiger charge is 2.28. The molecule has 2 aromatic rings. The molecule has 1 aliphatic rings. The van der Waals surface area contributed by atoms with Gasteiger partial charge in [-0.1, -0.05) is 75.1 Å². The van der Waals surface area contributed by atoms with Crippen LogP contribution in [-0.4, -0.2) is 5.97 Å². The number of carbonyl (C=O) groups excluding carboxylic acids is 1. The maximum absolute atomic E-state index is 12.4. The normalized spacial score (nSPS) is 16.3. The Bertz CT molecular complexity index is 739. The number of hydrogen-bond donors (Lipinski definition) is 0. The first-order valence-corrected chi connectivity index (χ1v) is 12.0. The molecule has 0 aliphatic heterocycles. The van der Waals surface area contributed by atoms with Gasteiger partial charge in [-0.05, 0) is 67.7 Å². The smallest absolute Gasteiger partial charge is 0.321 e. The Kier molecular flexibility index (Phi) is 21.8. The summed E-state index contributed by atoms with van der Waals surface area (Å²) in [6.45, 7) is 2.26. The van der Waals surface area contributed by atoms with Gasteiger partial charge >= 0.3 is 5.97 Å². The van der Waals surface area contributed by atoms with Crippen molar-refractivity contribution in [1.82, 2.24) is 0 Å². The Morgan fingerprint density at radius 3 is 1.97 bits per heavy atom. The molecule has 0 unspecified atom stereocenters. The van der Waals surface area contributed by atoms with Crippen molar-refractivity contribution in [3.05, 3.63) is 65.7 Å². The Hall–Kier alpha value is -2.09. The van der Waals surface area contributed by atoms with Gasteiger partial charge in [-0.25, -0.2) is 0 Å². The van der Waals surface area contributed by atoms with E-state index >= 15 is 0 Å². The van der Waals surface area contributed by atoms with Crippen LogP contribution >= 0.6 is 12.0 Å². The van der Waals surface area contributed by atoms with Gasteiger partial charge in [-0.3, -0.25) is 28.3 Å². The van der Waals surface area contributed by atoms with E-state index < -0.39 is 0 Å². The highest BCUT2D eigenvalue weighted by atomic mass is 32.2. The third-order valence-electron chi connectivity index (χ3n) is 6.04. The molecule has 0 radical (unpaired) electrons. The predicted molar refractivity (Wildman–Crippen MR) is 135 cm³/mol. The minimum absolute atomic E-state index is 0. The molecule has 0 bridgehead atoms. The summed E-state index contributed by atoms with van der Waals surface area (Å²) in [5.41, 5.74) is 2.89.